The van der Waals surface area contributed by atoms with Gasteiger partial charge in [0.05, 0.1) is 19.3 Å². The quantitative estimate of drug-likeness (QED) is 0.485. The molecule has 0 saturated heterocycles. The summed E-state index contributed by atoms with van der Waals surface area (Å²) in [6, 6.07) is 0. The Morgan fingerprint density at radius 2 is 2.14 bits per heavy atom. The van der Waals surface area contributed by atoms with E-state index in [-0.39, 0.29) is 18.3 Å². The molecule has 82 valence electrons. The minimum absolute atomic E-state index is 0.0213. The fourth-order valence-corrected chi connectivity index (χ4v) is 1.16. The number of ether oxygens (including phenoxy) is 1. The summed E-state index contributed by atoms with van der Waals surface area (Å²) >= 11 is 0. The Labute approximate surface area is 84.2 Å². The molecule has 0 aromatic rings. The van der Waals surface area contributed by atoms with Crippen LogP contribution >= 0.6 is 0 Å². The van der Waals surface area contributed by atoms with Crippen LogP contribution in [0.4, 0.5) is 0 Å². The van der Waals surface area contributed by atoms with Crippen molar-refractivity contribution in [3.05, 3.63) is 12.7 Å². The van der Waals surface area contributed by atoms with Crippen molar-refractivity contribution in [2.75, 3.05) is 7.11 Å². The maximum atomic E-state index is 10.9. The van der Waals surface area contributed by atoms with E-state index in [1.54, 1.807) is 0 Å². The molecule has 0 aliphatic rings. The van der Waals surface area contributed by atoms with Gasteiger partial charge in [0.1, 0.15) is 0 Å². The second kappa shape index (κ2) is 6.56. The van der Waals surface area contributed by atoms with E-state index in [9.17, 15) is 15.0 Å². The van der Waals surface area contributed by atoms with Crippen molar-refractivity contribution < 1.29 is 19.7 Å². The average Bonchev–Trinajstić information content (AvgIpc) is 2.15. The molecule has 0 saturated carbocycles. The number of carbonyl (C=O) groups excluding carboxylic acids is 1. The summed E-state index contributed by atoms with van der Waals surface area (Å²) in [5, 5.41) is 18.6. The second-order valence-corrected chi connectivity index (χ2v) is 3.41. The van der Waals surface area contributed by atoms with E-state index in [1.807, 2.05) is 6.92 Å². The molecule has 0 aliphatic heterocycles. The number of rotatable bonds is 6. The molecule has 14 heavy (non-hydrogen) atoms. The fourth-order valence-electron chi connectivity index (χ4n) is 1.16. The standard InChI is InChI=1S/C10H18O4/c1-4-8(11)9(12)5-7(2)6-10(13)14-3/h4,7-9,11-12H,1,5-6H2,2-3H3/t7?,8-,9+/m1/s1. The molecule has 0 amide bonds. The van der Waals surface area contributed by atoms with Gasteiger partial charge in [-0.25, -0.2) is 0 Å². The van der Waals surface area contributed by atoms with E-state index < -0.39 is 12.2 Å². The Bertz CT molecular complexity index is 191. The monoisotopic (exact) mass is 202 g/mol. The summed E-state index contributed by atoms with van der Waals surface area (Å²) in [5.74, 6) is -0.329. The zero-order valence-corrected chi connectivity index (χ0v) is 8.64. The van der Waals surface area contributed by atoms with Gasteiger partial charge in [-0.3, -0.25) is 4.79 Å². The van der Waals surface area contributed by atoms with Crippen LogP contribution < -0.4 is 0 Å². The van der Waals surface area contributed by atoms with Crippen molar-refractivity contribution in [3.63, 3.8) is 0 Å². The molecular formula is C10H18O4. The van der Waals surface area contributed by atoms with Gasteiger partial charge in [0.2, 0.25) is 0 Å². The molecule has 0 aliphatic carbocycles. The van der Waals surface area contributed by atoms with Crippen LogP contribution in [0.3, 0.4) is 0 Å². The lowest BCUT2D eigenvalue weighted by Gasteiger charge is -2.17. The van der Waals surface area contributed by atoms with Crippen molar-refractivity contribution in [1.29, 1.82) is 0 Å². The Balaban J connectivity index is 3.87. The highest BCUT2D eigenvalue weighted by Crippen LogP contribution is 2.13. The molecule has 0 rings (SSSR count). The van der Waals surface area contributed by atoms with Gasteiger partial charge in [0.25, 0.3) is 0 Å². The molecule has 0 bridgehead atoms. The van der Waals surface area contributed by atoms with Gasteiger partial charge in [-0.2, -0.15) is 0 Å². The van der Waals surface area contributed by atoms with Gasteiger partial charge in [0, 0.05) is 6.42 Å². The molecule has 4 nitrogen and oxygen atoms in total. The highest BCUT2D eigenvalue weighted by molar-refractivity contribution is 5.69. The van der Waals surface area contributed by atoms with Crippen LogP contribution in [0, 0.1) is 5.92 Å². The second-order valence-electron chi connectivity index (χ2n) is 3.41. The number of aliphatic hydroxyl groups is 2. The first-order valence-electron chi connectivity index (χ1n) is 4.56. The molecule has 0 fully saturated rings. The Morgan fingerprint density at radius 1 is 1.57 bits per heavy atom. The zero-order valence-electron chi connectivity index (χ0n) is 8.64. The third kappa shape index (κ3) is 4.99. The molecule has 0 spiro atoms. The number of methoxy groups -OCH3 is 1. The predicted molar refractivity (Wildman–Crippen MR) is 52.6 cm³/mol. The van der Waals surface area contributed by atoms with Crippen molar-refractivity contribution >= 4 is 5.97 Å². The minimum Gasteiger partial charge on any atom is -0.469 e. The summed E-state index contributed by atoms with van der Waals surface area (Å²) in [7, 11) is 1.32. The highest BCUT2D eigenvalue weighted by Gasteiger charge is 2.18. The topological polar surface area (TPSA) is 66.8 Å². The normalized spacial score (nSPS) is 16.9. The zero-order chi connectivity index (χ0) is 11.1. The van der Waals surface area contributed by atoms with Crippen LogP contribution in [-0.2, 0) is 9.53 Å². The summed E-state index contributed by atoms with van der Waals surface area (Å²) in [6.07, 6.45) is 0.0668. The summed E-state index contributed by atoms with van der Waals surface area (Å²) in [6.45, 7) is 5.18. The lowest BCUT2D eigenvalue weighted by molar-refractivity contribution is -0.141. The molecule has 2 N–H and O–H groups in total. The van der Waals surface area contributed by atoms with Crippen LogP contribution in [0.1, 0.15) is 19.8 Å². The maximum absolute atomic E-state index is 10.9. The van der Waals surface area contributed by atoms with E-state index in [0.717, 1.165) is 0 Å². The Hall–Kier alpha value is -0.870. The smallest absolute Gasteiger partial charge is 0.305 e. The van der Waals surface area contributed by atoms with Crippen molar-refractivity contribution in [1.82, 2.24) is 0 Å². The Morgan fingerprint density at radius 3 is 2.57 bits per heavy atom. The lowest BCUT2D eigenvalue weighted by Crippen LogP contribution is -2.26. The van der Waals surface area contributed by atoms with Crippen LogP contribution in [0.25, 0.3) is 0 Å². The van der Waals surface area contributed by atoms with Gasteiger partial charge in [-0.15, -0.1) is 6.58 Å². The number of hydrogen-bond donors (Lipinski definition) is 2. The SMILES string of the molecule is C=C[C@@H](O)[C@@H](O)CC(C)CC(=O)OC. The van der Waals surface area contributed by atoms with Crippen LogP contribution in [-0.4, -0.2) is 35.5 Å². The summed E-state index contributed by atoms with van der Waals surface area (Å²) in [4.78, 5) is 10.9. The van der Waals surface area contributed by atoms with Crippen LogP contribution in [0.15, 0.2) is 12.7 Å². The van der Waals surface area contributed by atoms with E-state index >= 15 is 0 Å². The van der Waals surface area contributed by atoms with Gasteiger partial charge < -0.3 is 14.9 Å². The van der Waals surface area contributed by atoms with E-state index in [2.05, 4.69) is 11.3 Å². The molecule has 4 heteroatoms. The average molecular weight is 202 g/mol. The summed E-state index contributed by atoms with van der Waals surface area (Å²) < 4.78 is 4.49. The van der Waals surface area contributed by atoms with Crippen molar-refractivity contribution in [2.45, 2.75) is 32.0 Å². The molecule has 0 aromatic heterocycles. The van der Waals surface area contributed by atoms with E-state index in [4.69, 9.17) is 0 Å². The van der Waals surface area contributed by atoms with Crippen molar-refractivity contribution in [2.24, 2.45) is 5.92 Å². The number of esters is 1. The lowest BCUT2D eigenvalue weighted by atomic mass is 9.97. The van der Waals surface area contributed by atoms with Crippen molar-refractivity contribution in [3.8, 4) is 0 Å². The van der Waals surface area contributed by atoms with E-state index in [1.165, 1.54) is 13.2 Å². The predicted octanol–water partition coefficient (Wildman–Crippen LogP) is 0.483. The number of aliphatic hydroxyl groups excluding tert-OH is 2. The van der Waals surface area contributed by atoms with Crippen LogP contribution in [0.2, 0.25) is 0 Å². The number of carbonyl (C=O) groups is 1. The molecule has 1 unspecified atom stereocenters. The molecule has 3 atom stereocenters. The molecule has 0 radical (unpaired) electrons. The first-order chi connectivity index (χ1) is 6.51. The fraction of sp³-hybridized carbons (Fsp3) is 0.700. The minimum atomic E-state index is -0.935. The third-order valence-electron chi connectivity index (χ3n) is 2.02. The van der Waals surface area contributed by atoms with Crippen LogP contribution in [0.5, 0.6) is 0 Å². The van der Waals surface area contributed by atoms with Gasteiger partial charge >= 0.3 is 5.97 Å². The molecule has 0 aromatic carbocycles. The first kappa shape index (κ1) is 13.1. The maximum Gasteiger partial charge on any atom is 0.305 e. The molecular weight excluding hydrogens is 184 g/mol. The van der Waals surface area contributed by atoms with Gasteiger partial charge in [-0.05, 0) is 12.3 Å². The highest BCUT2D eigenvalue weighted by atomic mass is 16.5. The van der Waals surface area contributed by atoms with E-state index in [0.29, 0.717) is 6.42 Å². The number of hydrogen-bond acceptors (Lipinski definition) is 4. The summed E-state index contributed by atoms with van der Waals surface area (Å²) in [5.41, 5.74) is 0. The van der Waals surface area contributed by atoms with Gasteiger partial charge in [-0.1, -0.05) is 13.0 Å². The first-order valence-corrected chi connectivity index (χ1v) is 4.56. The largest absolute Gasteiger partial charge is 0.469 e. The Kier molecular flexibility index (Phi) is 6.16. The molecule has 0 heterocycles. The van der Waals surface area contributed by atoms with Gasteiger partial charge in [0.15, 0.2) is 0 Å². The third-order valence-corrected chi connectivity index (χ3v) is 2.02.